The van der Waals surface area contributed by atoms with Crippen LogP contribution in [0.3, 0.4) is 0 Å². The molecule has 3 rings (SSSR count). The van der Waals surface area contributed by atoms with Gasteiger partial charge in [0.2, 0.25) is 11.8 Å². The zero-order valence-electron chi connectivity index (χ0n) is 18.1. The number of hydrogen-bond donors (Lipinski definition) is 1. The van der Waals surface area contributed by atoms with E-state index >= 15 is 0 Å². The molecule has 2 aromatic carbocycles. The second-order valence-electron chi connectivity index (χ2n) is 8.00. The number of para-hydroxylation sites is 1. The minimum Gasteiger partial charge on any atom is -0.461 e. The Hall–Kier alpha value is -3.08. The van der Waals surface area contributed by atoms with Crippen molar-refractivity contribution in [3.05, 3.63) is 71.5 Å². The van der Waals surface area contributed by atoms with E-state index in [1.54, 1.807) is 11.9 Å². The number of amides is 2. The van der Waals surface area contributed by atoms with Gasteiger partial charge in [-0.15, -0.1) is 0 Å². The van der Waals surface area contributed by atoms with Crippen molar-refractivity contribution < 1.29 is 14.0 Å². The van der Waals surface area contributed by atoms with Gasteiger partial charge in [0.1, 0.15) is 17.4 Å². The molecule has 0 spiro atoms. The van der Waals surface area contributed by atoms with E-state index < -0.39 is 6.04 Å². The van der Waals surface area contributed by atoms with E-state index in [0.29, 0.717) is 6.54 Å². The molecule has 0 saturated heterocycles. The van der Waals surface area contributed by atoms with Gasteiger partial charge in [-0.25, -0.2) is 0 Å². The minimum absolute atomic E-state index is 0.0218. The Bertz CT molecular complexity index is 1010. The van der Waals surface area contributed by atoms with Gasteiger partial charge in [0.25, 0.3) is 0 Å². The van der Waals surface area contributed by atoms with Crippen LogP contribution in [0.4, 0.5) is 0 Å². The van der Waals surface area contributed by atoms with Crippen molar-refractivity contribution in [3.8, 4) is 0 Å². The minimum atomic E-state index is -0.575. The van der Waals surface area contributed by atoms with Gasteiger partial charge in [-0.05, 0) is 17.5 Å². The summed E-state index contributed by atoms with van der Waals surface area (Å²) in [7, 11) is 1.78. The highest BCUT2D eigenvalue weighted by Gasteiger charge is 2.28. The molecule has 0 bridgehead atoms. The van der Waals surface area contributed by atoms with E-state index in [9.17, 15) is 9.59 Å². The van der Waals surface area contributed by atoms with Crippen LogP contribution in [0.1, 0.15) is 37.7 Å². The van der Waals surface area contributed by atoms with Crippen LogP contribution >= 0.6 is 0 Å². The number of nitrogens with one attached hydrogen (secondary N) is 1. The lowest BCUT2D eigenvalue weighted by Gasteiger charge is -2.27. The Kier molecular flexibility index (Phi) is 6.93. The zero-order chi connectivity index (χ0) is 21.7. The molecule has 0 radical (unpaired) electrons. The first-order valence-electron chi connectivity index (χ1n) is 10.5. The van der Waals surface area contributed by atoms with Crippen LogP contribution in [-0.4, -0.2) is 29.8 Å². The van der Waals surface area contributed by atoms with Crippen molar-refractivity contribution in [1.29, 1.82) is 0 Å². The Morgan fingerprint density at radius 2 is 1.70 bits per heavy atom. The highest BCUT2D eigenvalue weighted by Crippen LogP contribution is 2.27. The third-order valence-electron chi connectivity index (χ3n) is 5.33. The van der Waals surface area contributed by atoms with E-state index in [0.717, 1.165) is 34.3 Å². The van der Waals surface area contributed by atoms with E-state index in [2.05, 4.69) is 5.32 Å². The number of rotatable bonds is 8. The maximum absolute atomic E-state index is 13.2. The second kappa shape index (κ2) is 9.61. The monoisotopic (exact) mass is 406 g/mol. The third-order valence-corrected chi connectivity index (χ3v) is 5.33. The summed E-state index contributed by atoms with van der Waals surface area (Å²) in [6.45, 7) is 6.38. The summed E-state index contributed by atoms with van der Waals surface area (Å²) in [5, 5.41) is 3.97. The van der Waals surface area contributed by atoms with Gasteiger partial charge >= 0.3 is 0 Å². The molecule has 2 amide bonds. The number of furan rings is 1. The number of benzene rings is 2. The molecule has 5 nitrogen and oxygen atoms in total. The average molecular weight is 407 g/mol. The van der Waals surface area contributed by atoms with Crippen molar-refractivity contribution >= 4 is 22.8 Å². The molecule has 0 aliphatic heterocycles. The first-order valence-corrected chi connectivity index (χ1v) is 10.5. The highest BCUT2D eigenvalue weighted by molar-refractivity contribution is 5.89. The molecule has 0 saturated carbocycles. The van der Waals surface area contributed by atoms with Gasteiger partial charge in [0.15, 0.2) is 0 Å². The van der Waals surface area contributed by atoms with Crippen molar-refractivity contribution in [2.24, 2.45) is 5.92 Å². The summed E-state index contributed by atoms with van der Waals surface area (Å²) in [6, 6.07) is 16.9. The largest absolute Gasteiger partial charge is 0.461 e. The van der Waals surface area contributed by atoms with Crippen LogP contribution in [0.5, 0.6) is 0 Å². The fourth-order valence-electron chi connectivity index (χ4n) is 3.68. The molecular formula is C25H30N2O3. The number of carbonyl (C=O) groups excluding carboxylic acids is 2. The molecule has 5 heteroatoms. The van der Waals surface area contributed by atoms with Crippen LogP contribution in [-0.2, 0) is 29.0 Å². The Morgan fingerprint density at radius 1 is 1.03 bits per heavy atom. The van der Waals surface area contributed by atoms with E-state index in [1.807, 2.05) is 75.4 Å². The molecule has 0 unspecified atom stereocenters. The Morgan fingerprint density at radius 3 is 2.37 bits per heavy atom. The molecule has 1 N–H and O–H groups in total. The molecule has 0 aliphatic rings. The molecule has 3 aromatic rings. The van der Waals surface area contributed by atoms with E-state index in [4.69, 9.17) is 4.42 Å². The number of carbonyl (C=O) groups is 2. The number of fused-ring (bicyclic) bond motifs is 1. The fourth-order valence-corrected chi connectivity index (χ4v) is 3.68. The Balaban J connectivity index is 1.73. The Labute approximate surface area is 178 Å². The fraction of sp³-hybridized carbons (Fsp3) is 0.360. The average Bonchev–Trinajstić information content (AvgIpc) is 3.09. The molecule has 158 valence electrons. The molecule has 30 heavy (non-hydrogen) atoms. The van der Waals surface area contributed by atoms with E-state index in [1.165, 1.54) is 0 Å². The lowest BCUT2D eigenvalue weighted by molar-refractivity contribution is -0.136. The first-order chi connectivity index (χ1) is 14.4. The highest BCUT2D eigenvalue weighted by atomic mass is 16.3. The molecule has 1 aromatic heterocycles. The van der Waals surface area contributed by atoms with Gasteiger partial charge in [-0.3, -0.25) is 9.59 Å². The molecule has 0 aliphatic carbocycles. The van der Waals surface area contributed by atoms with E-state index in [-0.39, 0.29) is 24.2 Å². The molecule has 0 fully saturated rings. The van der Waals surface area contributed by atoms with Gasteiger partial charge in [-0.1, -0.05) is 69.3 Å². The number of aryl methyl sites for hydroxylation is 1. The second-order valence-corrected chi connectivity index (χ2v) is 8.00. The maximum atomic E-state index is 13.2. The number of nitrogens with zero attached hydrogens (tertiary/aromatic N) is 1. The summed E-state index contributed by atoms with van der Waals surface area (Å²) in [5.74, 6) is 0.625. The zero-order valence-corrected chi connectivity index (χ0v) is 18.1. The lowest BCUT2D eigenvalue weighted by atomic mass is 10.0. The van der Waals surface area contributed by atoms with Crippen molar-refractivity contribution in [2.75, 3.05) is 7.05 Å². The van der Waals surface area contributed by atoms with Crippen LogP contribution in [0.2, 0.25) is 0 Å². The van der Waals surface area contributed by atoms with Gasteiger partial charge in [0, 0.05) is 31.0 Å². The maximum Gasteiger partial charge on any atom is 0.245 e. The van der Waals surface area contributed by atoms with Gasteiger partial charge < -0.3 is 14.6 Å². The van der Waals surface area contributed by atoms with Gasteiger partial charge in [0.05, 0.1) is 6.42 Å². The summed E-state index contributed by atoms with van der Waals surface area (Å²) < 4.78 is 5.96. The van der Waals surface area contributed by atoms with Crippen molar-refractivity contribution in [3.63, 3.8) is 0 Å². The van der Waals surface area contributed by atoms with Crippen LogP contribution in [0.15, 0.2) is 59.0 Å². The van der Waals surface area contributed by atoms with Crippen molar-refractivity contribution in [1.82, 2.24) is 10.2 Å². The number of likely N-dealkylation sites (N-methyl/N-ethyl adjacent to an activating group) is 1. The predicted molar refractivity (Wildman–Crippen MR) is 119 cm³/mol. The molecular weight excluding hydrogens is 376 g/mol. The SMILES string of the molecule is CCc1oc2ccccc2c1CN(C)C(=O)[C@@H](NC(=O)Cc1ccccc1)C(C)C. The normalized spacial score (nSPS) is 12.2. The van der Waals surface area contributed by atoms with Crippen LogP contribution < -0.4 is 5.32 Å². The molecule has 1 atom stereocenters. The summed E-state index contributed by atoms with van der Waals surface area (Å²) in [6.07, 6.45) is 1.01. The summed E-state index contributed by atoms with van der Waals surface area (Å²) in [4.78, 5) is 27.4. The topological polar surface area (TPSA) is 62.6 Å². The first kappa shape index (κ1) is 21.6. The standard InChI is InChI=1S/C25H30N2O3/c1-5-21-20(19-13-9-10-14-22(19)30-21)16-27(4)25(29)24(17(2)3)26-23(28)15-18-11-7-6-8-12-18/h6-14,17,24H,5,15-16H2,1-4H3,(H,26,28)/t24-/m0/s1. The van der Waals surface area contributed by atoms with Crippen molar-refractivity contribution in [2.45, 2.75) is 46.2 Å². The summed E-state index contributed by atoms with van der Waals surface area (Å²) >= 11 is 0. The summed E-state index contributed by atoms with van der Waals surface area (Å²) in [5.41, 5.74) is 2.79. The number of hydrogen-bond acceptors (Lipinski definition) is 3. The lowest BCUT2D eigenvalue weighted by Crippen LogP contribution is -2.50. The van der Waals surface area contributed by atoms with Crippen LogP contribution in [0, 0.1) is 5.92 Å². The predicted octanol–water partition coefficient (Wildman–Crippen LogP) is 4.34. The molecule has 1 heterocycles. The van der Waals surface area contributed by atoms with Crippen LogP contribution in [0.25, 0.3) is 11.0 Å². The smallest absolute Gasteiger partial charge is 0.245 e. The third kappa shape index (κ3) is 4.90. The quantitative estimate of drug-likeness (QED) is 0.605. The van der Waals surface area contributed by atoms with Gasteiger partial charge in [-0.2, -0.15) is 0 Å².